The minimum absolute atomic E-state index is 0.109. The molecule has 1 saturated heterocycles. The molecular weight excluding hydrogens is 152 g/mol. The Morgan fingerprint density at radius 1 is 1.42 bits per heavy atom. The van der Waals surface area contributed by atoms with Gasteiger partial charge < -0.3 is 10.2 Å². The molecule has 0 radical (unpaired) electrons. The number of amides is 2. The molecule has 2 atom stereocenters. The van der Waals surface area contributed by atoms with Crippen molar-refractivity contribution in [2.75, 3.05) is 13.6 Å². The van der Waals surface area contributed by atoms with Crippen molar-refractivity contribution in [3.63, 3.8) is 0 Å². The molecule has 0 aromatic carbocycles. The molecule has 3 nitrogen and oxygen atoms in total. The van der Waals surface area contributed by atoms with Crippen LogP contribution in [0.5, 0.6) is 0 Å². The molecule has 0 bridgehead atoms. The molecule has 2 aliphatic rings. The molecule has 2 fully saturated rings. The molecule has 1 aliphatic heterocycles. The minimum Gasteiger partial charge on any atom is -0.335 e. The van der Waals surface area contributed by atoms with Gasteiger partial charge in [-0.15, -0.1) is 0 Å². The molecule has 0 aromatic rings. The van der Waals surface area contributed by atoms with Gasteiger partial charge in [0.25, 0.3) is 0 Å². The van der Waals surface area contributed by atoms with Gasteiger partial charge in [0.05, 0.1) is 0 Å². The average molecular weight is 168 g/mol. The molecule has 0 unspecified atom stereocenters. The number of carbonyl (C=O) groups is 1. The fraction of sp³-hybridized carbons (Fsp3) is 0.889. The zero-order chi connectivity index (χ0) is 8.55. The summed E-state index contributed by atoms with van der Waals surface area (Å²) in [6.07, 6.45) is 5.09. The summed E-state index contributed by atoms with van der Waals surface area (Å²) in [6.45, 7) is 0.955. The van der Waals surface area contributed by atoms with E-state index < -0.39 is 0 Å². The molecule has 0 spiro atoms. The smallest absolute Gasteiger partial charge is 0.317 e. The predicted molar refractivity (Wildman–Crippen MR) is 46.9 cm³/mol. The molecule has 68 valence electrons. The molecule has 2 rings (SSSR count). The van der Waals surface area contributed by atoms with Crippen LogP contribution in [0.3, 0.4) is 0 Å². The Bertz CT molecular complexity index is 193. The third kappa shape index (κ3) is 1.28. The second-order valence-corrected chi connectivity index (χ2v) is 3.98. The van der Waals surface area contributed by atoms with Gasteiger partial charge in [0.1, 0.15) is 0 Å². The lowest BCUT2D eigenvalue weighted by atomic mass is 9.83. The van der Waals surface area contributed by atoms with Crippen molar-refractivity contribution in [1.82, 2.24) is 10.2 Å². The summed E-state index contributed by atoms with van der Waals surface area (Å²) in [6, 6.07) is 0.584. The summed E-state index contributed by atoms with van der Waals surface area (Å²) in [7, 11) is 1.88. The van der Waals surface area contributed by atoms with Crippen molar-refractivity contribution in [3.05, 3.63) is 0 Å². The van der Waals surface area contributed by atoms with E-state index in [1.807, 2.05) is 7.05 Å². The van der Waals surface area contributed by atoms with Crippen LogP contribution < -0.4 is 5.32 Å². The van der Waals surface area contributed by atoms with Crippen LogP contribution in [0.4, 0.5) is 4.79 Å². The number of hydrogen-bond donors (Lipinski definition) is 1. The van der Waals surface area contributed by atoms with Crippen molar-refractivity contribution < 1.29 is 4.79 Å². The number of carbonyl (C=O) groups excluding carboxylic acids is 1. The lowest BCUT2D eigenvalue weighted by Crippen LogP contribution is -2.56. The highest BCUT2D eigenvalue weighted by atomic mass is 16.2. The van der Waals surface area contributed by atoms with Crippen molar-refractivity contribution in [2.45, 2.75) is 31.7 Å². The van der Waals surface area contributed by atoms with Gasteiger partial charge in [0.15, 0.2) is 0 Å². The SMILES string of the molecule is CN1C[C@@H]2CCCC[C@@H]2NC1=O. The fourth-order valence-corrected chi connectivity index (χ4v) is 2.32. The molecule has 0 aromatic heterocycles. The summed E-state index contributed by atoms with van der Waals surface area (Å²) in [5.41, 5.74) is 0. The van der Waals surface area contributed by atoms with Crippen LogP contribution in [0, 0.1) is 5.92 Å². The van der Waals surface area contributed by atoms with Crippen LogP contribution >= 0.6 is 0 Å². The van der Waals surface area contributed by atoms with Crippen LogP contribution in [0.2, 0.25) is 0 Å². The van der Waals surface area contributed by atoms with Crippen LogP contribution in [0.1, 0.15) is 25.7 Å². The number of nitrogens with zero attached hydrogens (tertiary/aromatic N) is 1. The van der Waals surface area contributed by atoms with E-state index in [0.29, 0.717) is 12.0 Å². The van der Waals surface area contributed by atoms with E-state index >= 15 is 0 Å². The zero-order valence-corrected chi connectivity index (χ0v) is 7.55. The summed E-state index contributed by atoms with van der Waals surface area (Å²) in [5.74, 6) is 0.710. The molecule has 1 aliphatic carbocycles. The lowest BCUT2D eigenvalue weighted by Gasteiger charge is -2.40. The first-order chi connectivity index (χ1) is 5.77. The van der Waals surface area contributed by atoms with Gasteiger partial charge in [0, 0.05) is 19.6 Å². The third-order valence-electron chi connectivity index (χ3n) is 3.07. The van der Waals surface area contributed by atoms with Crippen LogP contribution in [-0.4, -0.2) is 30.6 Å². The monoisotopic (exact) mass is 168 g/mol. The fourth-order valence-electron chi connectivity index (χ4n) is 2.32. The quantitative estimate of drug-likeness (QED) is 0.579. The largest absolute Gasteiger partial charge is 0.335 e. The highest BCUT2D eigenvalue weighted by Crippen LogP contribution is 2.27. The molecule has 12 heavy (non-hydrogen) atoms. The van der Waals surface area contributed by atoms with Gasteiger partial charge in [-0.3, -0.25) is 0 Å². The van der Waals surface area contributed by atoms with E-state index in [1.54, 1.807) is 4.90 Å². The van der Waals surface area contributed by atoms with E-state index in [4.69, 9.17) is 0 Å². The molecule has 3 heteroatoms. The van der Waals surface area contributed by atoms with Gasteiger partial charge in [-0.05, 0) is 18.8 Å². The summed E-state index contributed by atoms with van der Waals surface area (Å²) < 4.78 is 0. The van der Waals surface area contributed by atoms with E-state index in [-0.39, 0.29) is 6.03 Å². The van der Waals surface area contributed by atoms with Gasteiger partial charge in [-0.2, -0.15) is 0 Å². The van der Waals surface area contributed by atoms with E-state index in [9.17, 15) is 4.79 Å². The molecule has 1 N–H and O–H groups in total. The predicted octanol–water partition coefficient (Wildman–Crippen LogP) is 1.20. The lowest BCUT2D eigenvalue weighted by molar-refractivity contribution is 0.139. The first-order valence-corrected chi connectivity index (χ1v) is 4.79. The Morgan fingerprint density at radius 2 is 2.17 bits per heavy atom. The Kier molecular flexibility index (Phi) is 1.95. The maximum Gasteiger partial charge on any atom is 0.317 e. The standard InChI is InChI=1S/C9H16N2O/c1-11-6-7-4-2-3-5-8(7)10-9(11)12/h7-8H,2-6H2,1H3,(H,10,12)/t7-,8-/m0/s1. The maximum atomic E-state index is 11.3. The van der Waals surface area contributed by atoms with Crippen molar-refractivity contribution in [2.24, 2.45) is 5.92 Å². The van der Waals surface area contributed by atoms with E-state index in [2.05, 4.69) is 5.32 Å². The van der Waals surface area contributed by atoms with Crippen LogP contribution in [0.15, 0.2) is 0 Å². The van der Waals surface area contributed by atoms with Gasteiger partial charge in [0.2, 0.25) is 0 Å². The third-order valence-corrected chi connectivity index (χ3v) is 3.07. The Balaban J connectivity index is 2.02. The van der Waals surface area contributed by atoms with Crippen LogP contribution in [-0.2, 0) is 0 Å². The van der Waals surface area contributed by atoms with Crippen molar-refractivity contribution >= 4 is 6.03 Å². The first kappa shape index (κ1) is 7.90. The Labute approximate surface area is 73.1 Å². The Morgan fingerprint density at radius 3 is 3.00 bits per heavy atom. The van der Waals surface area contributed by atoms with Crippen molar-refractivity contribution in [3.8, 4) is 0 Å². The maximum absolute atomic E-state index is 11.3. The van der Waals surface area contributed by atoms with Crippen molar-refractivity contribution in [1.29, 1.82) is 0 Å². The highest BCUT2D eigenvalue weighted by molar-refractivity contribution is 5.75. The highest BCUT2D eigenvalue weighted by Gasteiger charge is 2.32. The number of fused-ring (bicyclic) bond motifs is 1. The number of urea groups is 1. The summed E-state index contributed by atoms with van der Waals surface area (Å²) >= 11 is 0. The topological polar surface area (TPSA) is 32.3 Å². The number of hydrogen-bond acceptors (Lipinski definition) is 1. The van der Waals surface area contributed by atoms with Crippen LogP contribution in [0.25, 0.3) is 0 Å². The van der Waals surface area contributed by atoms with E-state index in [1.165, 1.54) is 25.7 Å². The van der Waals surface area contributed by atoms with E-state index in [0.717, 1.165) is 6.54 Å². The first-order valence-electron chi connectivity index (χ1n) is 4.79. The summed E-state index contributed by atoms with van der Waals surface area (Å²) in [4.78, 5) is 13.1. The molecular formula is C9H16N2O. The molecule has 2 amide bonds. The average Bonchev–Trinajstić information content (AvgIpc) is 2.07. The molecule has 1 heterocycles. The second-order valence-electron chi connectivity index (χ2n) is 3.98. The molecule has 1 saturated carbocycles. The minimum atomic E-state index is 0.109. The van der Waals surface area contributed by atoms with Gasteiger partial charge in [-0.25, -0.2) is 4.79 Å². The number of rotatable bonds is 0. The summed E-state index contributed by atoms with van der Waals surface area (Å²) in [5, 5.41) is 3.06. The second kappa shape index (κ2) is 2.96. The normalized spacial score (nSPS) is 35.8. The zero-order valence-electron chi connectivity index (χ0n) is 7.55. The number of nitrogens with one attached hydrogen (secondary N) is 1. The van der Waals surface area contributed by atoms with Gasteiger partial charge in [-0.1, -0.05) is 12.8 Å². The van der Waals surface area contributed by atoms with Gasteiger partial charge >= 0.3 is 6.03 Å². The Hall–Kier alpha value is -0.730.